The summed E-state index contributed by atoms with van der Waals surface area (Å²) in [6.45, 7) is 32.5. The lowest BCUT2D eigenvalue weighted by Crippen LogP contribution is -2.16. The molecule has 0 saturated heterocycles. The summed E-state index contributed by atoms with van der Waals surface area (Å²) in [4.78, 5) is 14.6. The van der Waals surface area contributed by atoms with Crippen molar-refractivity contribution >= 4 is 12.2 Å². The van der Waals surface area contributed by atoms with E-state index in [1.54, 1.807) is 21.1 Å². The van der Waals surface area contributed by atoms with E-state index < -0.39 is 0 Å². The highest BCUT2D eigenvalue weighted by Gasteiger charge is 2.09. The maximum Gasteiger partial charge on any atom is 0.185 e. The average Bonchev–Trinajstić information content (AvgIpc) is 2.94. The van der Waals surface area contributed by atoms with Crippen LogP contribution in [-0.2, 0) is 9.47 Å². The highest BCUT2D eigenvalue weighted by molar-refractivity contribution is 5.75. The maximum absolute atomic E-state index is 10.3. The third kappa shape index (κ3) is 33.4. The minimum Gasteiger partial charge on any atom is -0.478 e. The van der Waals surface area contributed by atoms with E-state index in [1.807, 2.05) is 66.7 Å². The van der Waals surface area contributed by atoms with Gasteiger partial charge in [0.2, 0.25) is 0 Å². The molecule has 238 valence electrons. The zero-order valence-electron chi connectivity index (χ0n) is 29.8. The molecule has 0 unspecified atom stereocenters. The lowest BCUT2D eigenvalue weighted by molar-refractivity contribution is 0.112. The van der Waals surface area contributed by atoms with E-state index in [0.717, 1.165) is 37.5 Å². The summed E-state index contributed by atoms with van der Waals surface area (Å²) in [5, 5.41) is 8.87. The van der Waals surface area contributed by atoms with Crippen LogP contribution in [0.15, 0.2) is 47.1 Å². The van der Waals surface area contributed by atoms with Crippen LogP contribution in [0.5, 0.6) is 0 Å². The van der Waals surface area contributed by atoms with Crippen molar-refractivity contribution in [3.63, 3.8) is 0 Å². The third-order valence-electron chi connectivity index (χ3n) is 5.33. The van der Waals surface area contributed by atoms with Gasteiger partial charge in [-0.15, -0.1) is 0 Å². The Hall–Kier alpha value is -2.71. The van der Waals surface area contributed by atoms with Crippen molar-refractivity contribution in [3.05, 3.63) is 58.8 Å². The van der Waals surface area contributed by atoms with Gasteiger partial charge in [-0.25, -0.2) is 4.99 Å². The molecule has 5 nitrogen and oxygen atoms in total. The van der Waals surface area contributed by atoms with Crippen LogP contribution in [0.1, 0.15) is 137 Å². The van der Waals surface area contributed by atoms with Gasteiger partial charge in [-0.05, 0) is 62.3 Å². The van der Waals surface area contributed by atoms with Gasteiger partial charge < -0.3 is 9.47 Å². The standard InChI is InChI=1S/C15H24N2O.C9H10O.C6H14.C2H6O.2C2H6/c1-6-9-15(10-7-2)18-13(5)17-12(4)14(8-3)11-16;1-7-3-4-9(6-10)5-8(7)2;1-5-6(2,3)4;1-3-2;2*1-2/h8,15H,3,6-7,9-10H2,1-2,4-5H3;3-6H,1-2H3;5H2,1-4H3;1-2H3;2*1-2H3/b14-12+,17-13?;;;;;. The number of hydrogen-bond donors (Lipinski definition) is 0. The van der Waals surface area contributed by atoms with Gasteiger partial charge in [0.05, 0.1) is 11.3 Å². The van der Waals surface area contributed by atoms with Crippen molar-refractivity contribution in [1.82, 2.24) is 0 Å². The second-order valence-corrected chi connectivity index (χ2v) is 10.0. The number of carbonyl (C=O) groups excluding carboxylic acids is 1. The molecule has 0 aliphatic rings. The van der Waals surface area contributed by atoms with Gasteiger partial charge in [-0.3, -0.25) is 4.79 Å². The number of benzene rings is 1. The molecule has 0 radical (unpaired) electrons. The van der Waals surface area contributed by atoms with Crippen LogP contribution in [0, 0.1) is 30.6 Å². The molecule has 0 fully saturated rings. The molecular formula is C36H66N2O3. The first-order valence-electron chi connectivity index (χ1n) is 15.2. The molecule has 0 saturated carbocycles. The van der Waals surface area contributed by atoms with E-state index >= 15 is 0 Å². The first-order valence-corrected chi connectivity index (χ1v) is 15.2. The first kappa shape index (κ1) is 48.0. The van der Waals surface area contributed by atoms with Gasteiger partial charge in [-0.1, -0.05) is 107 Å². The van der Waals surface area contributed by atoms with E-state index in [4.69, 9.17) is 10.00 Å². The molecule has 1 aromatic rings. The minimum absolute atomic E-state index is 0.228. The number of aldehydes is 1. The lowest BCUT2D eigenvalue weighted by atomic mass is 9.94. The predicted molar refractivity (Wildman–Crippen MR) is 183 cm³/mol. The van der Waals surface area contributed by atoms with E-state index in [0.29, 0.717) is 22.6 Å². The second-order valence-electron chi connectivity index (χ2n) is 10.0. The summed E-state index contributed by atoms with van der Waals surface area (Å²) in [5.41, 5.74) is 4.83. The van der Waals surface area contributed by atoms with Crippen LogP contribution in [0.3, 0.4) is 0 Å². The normalized spacial score (nSPS) is 10.5. The zero-order chi connectivity index (χ0) is 33.4. The summed E-state index contributed by atoms with van der Waals surface area (Å²) < 4.78 is 10.1. The Balaban J connectivity index is -0.000000157. The smallest absolute Gasteiger partial charge is 0.185 e. The van der Waals surface area contributed by atoms with Crippen LogP contribution in [0.2, 0.25) is 0 Å². The highest BCUT2D eigenvalue weighted by Crippen LogP contribution is 2.16. The third-order valence-corrected chi connectivity index (χ3v) is 5.33. The Bertz CT molecular complexity index is 851. The van der Waals surface area contributed by atoms with Crippen LogP contribution in [-0.4, -0.2) is 32.5 Å². The Kier molecular flexibility index (Phi) is 39.3. The van der Waals surface area contributed by atoms with Gasteiger partial charge >= 0.3 is 0 Å². The number of allylic oxidation sites excluding steroid dienone is 3. The average molecular weight is 575 g/mol. The Labute approximate surface area is 256 Å². The van der Waals surface area contributed by atoms with E-state index in [1.165, 1.54) is 23.6 Å². The molecule has 0 atom stereocenters. The van der Waals surface area contributed by atoms with Crippen LogP contribution in [0.25, 0.3) is 0 Å². The number of ether oxygens (including phenoxy) is 2. The van der Waals surface area contributed by atoms with Gasteiger partial charge in [0.15, 0.2) is 5.90 Å². The van der Waals surface area contributed by atoms with Crippen molar-refractivity contribution in [2.45, 2.75) is 135 Å². The van der Waals surface area contributed by atoms with Crippen LogP contribution >= 0.6 is 0 Å². The molecule has 0 aromatic heterocycles. The number of carbonyl (C=O) groups is 1. The Morgan fingerprint density at radius 3 is 1.73 bits per heavy atom. The molecule has 0 spiro atoms. The molecule has 1 rings (SSSR count). The molecule has 0 N–H and O–H groups in total. The second kappa shape index (κ2) is 33.5. The van der Waals surface area contributed by atoms with Gasteiger partial charge in [0.1, 0.15) is 18.5 Å². The number of methoxy groups -OCH3 is 1. The van der Waals surface area contributed by atoms with E-state index in [-0.39, 0.29) is 6.10 Å². The molecular weight excluding hydrogens is 508 g/mol. The molecule has 5 heteroatoms. The van der Waals surface area contributed by atoms with Crippen molar-refractivity contribution in [1.29, 1.82) is 5.26 Å². The number of hydrogen-bond acceptors (Lipinski definition) is 5. The molecule has 0 aliphatic heterocycles. The SMILES string of the molecule is C=C/C(C#N)=C(/C)N=C(C)OC(CCC)CCC.CC.CC.CCC(C)(C)C.COC.Cc1ccc(C=O)cc1C. The van der Waals surface area contributed by atoms with Crippen molar-refractivity contribution < 1.29 is 14.3 Å². The molecule has 41 heavy (non-hydrogen) atoms. The maximum atomic E-state index is 10.3. The van der Waals surface area contributed by atoms with E-state index in [9.17, 15) is 4.79 Å². The van der Waals surface area contributed by atoms with Crippen molar-refractivity contribution in [2.75, 3.05) is 14.2 Å². The quantitative estimate of drug-likeness (QED) is 0.102. The fourth-order valence-corrected chi connectivity index (χ4v) is 2.58. The number of nitriles is 1. The molecule has 0 aliphatic carbocycles. The predicted octanol–water partition coefficient (Wildman–Crippen LogP) is 11.2. The zero-order valence-corrected chi connectivity index (χ0v) is 29.8. The summed E-state index contributed by atoms with van der Waals surface area (Å²) in [7, 11) is 3.25. The van der Waals surface area contributed by atoms with Crippen LogP contribution < -0.4 is 0 Å². The van der Waals surface area contributed by atoms with Gasteiger partial charge in [-0.2, -0.15) is 5.26 Å². The molecule has 0 bridgehead atoms. The fraction of sp³-hybridized carbons (Fsp3) is 0.639. The van der Waals surface area contributed by atoms with Crippen molar-refractivity contribution in [3.8, 4) is 6.07 Å². The summed E-state index contributed by atoms with van der Waals surface area (Å²) in [6.07, 6.45) is 8.16. The number of aliphatic imine (C=N–C) groups is 1. The molecule has 0 amide bonds. The van der Waals surface area contributed by atoms with Crippen molar-refractivity contribution in [2.24, 2.45) is 10.4 Å². The summed E-state index contributed by atoms with van der Waals surface area (Å²) in [5.74, 6) is 0.619. The monoisotopic (exact) mass is 575 g/mol. The Morgan fingerprint density at radius 2 is 1.44 bits per heavy atom. The van der Waals surface area contributed by atoms with Gasteiger partial charge in [0, 0.05) is 26.7 Å². The van der Waals surface area contributed by atoms with E-state index in [2.05, 4.69) is 63.9 Å². The lowest BCUT2D eigenvalue weighted by Gasteiger charge is -2.17. The largest absolute Gasteiger partial charge is 0.478 e. The number of aryl methyl sites for hydroxylation is 2. The summed E-state index contributed by atoms with van der Waals surface area (Å²) in [6, 6.07) is 7.74. The minimum atomic E-state index is 0.228. The summed E-state index contributed by atoms with van der Waals surface area (Å²) >= 11 is 0. The Morgan fingerprint density at radius 1 is 1.00 bits per heavy atom. The number of nitrogens with zero attached hydrogens (tertiary/aromatic N) is 2. The first-order chi connectivity index (χ1) is 19.3. The molecule has 1 aromatic carbocycles. The highest BCUT2D eigenvalue weighted by atomic mass is 16.5. The van der Waals surface area contributed by atoms with Crippen LogP contribution in [0.4, 0.5) is 0 Å². The molecule has 0 heterocycles. The fourth-order valence-electron chi connectivity index (χ4n) is 2.58. The number of rotatable bonds is 8. The topological polar surface area (TPSA) is 71.7 Å². The van der Waals surface area contributed by atoms with Gasteiger partial charge in [0.25, 0.3) is 0 Å².